The Bertz CT molecular complexity index is 1410. The Labute approximate surface area is 220 Å². The Morgan fingerprint density at radius 3 is 2.00 bits per heavy atom. The molecule has 4 rings (SSSR count). The van der Waals surface area contributed by atoms with Crippen LogP contribution in [-0.4, -0.2) is 55.0 Å². The van der Waals surface area contributed by atoms with Crippen LogP contribution in [0.15, 0.2) is 70.9 Å². The molecule has 38 heavy (non-hydrogen) atoms. The van der Waals surface area contributed by atoms with Crippen molar-refractivity contribution in [3.63, 3.8) is 0 Å². The van der Waals surface area contributed by atoms with E-state index < -0.39 is 45.9 Å². The lowest BCUT2D eigenvalue weighted by atomic mass is 9.62. The van der Waals surface area contributed by atoms with Gasteiger partial charge in [0.05, 0.1) is 25.5 Å². The molecule has 0 amide bonds. The van der Waals surface area contributed by atoms with Crippen molar-refractivity contribution in [1.29, 1.82) is 5.26 Å². The third-order valence-corrected chi connectivity index (χ3v) is 6.77. The van der Waals surface area contributed by atoms with Gasteiger partial charge in [-0.2, -0.15) is 5.26 Å². The van der Waals surface area contributed by atoms with E-state index in [0.717, 1.165) is 14.2 Å². The number of carbonyl (C=O) groups excluding carboxylic acids is 4. The fourth-order valence-electron chi connectivity index (χ4n) is 5.28. The molecule has 0 unspecified atom stereocenters. The standard InChI is InChI=1S/C29H27N3O6/c1-27(2,3)32-22-20(25(35)37-4)21(26(36)38-5)29(23(33)18-13-9-10-14-19(18)24(29)34)28(22,16-30)31-15-17-11-7-6-8-12-17/h6-15,21,32H,1-5H3/t21-,28-/m1/s1. The summed E-state index contributed by atoms with van der Waals surface area (Å²) in [5.41, 5.74) is -5.46. The van der Waals surface area contributed by atoms with Crippen LogP contribution in [0, 0.1) is 22.7 Å². The fraction of sp³-hybridized carbons (Fsp3) is 0.310. The Hall–Kier alpha value is -4.58. The summed E-state index contributed by atoms with van der Waals surface area (Å²) in [5.74, 6) is -5.43. The summed E-state index contributed by atoms with van der Waals surface area (Å²) in [4.78, 5) is 60.1. The van der Waals surface area contributed by atoms with Gasteiger partial charge in [-0.3, -0.25) is 19.4 Å². The van der Waals surface area contributed by atoms with E-state index in [1.54, 1.807) is 63.2 Å². The molecular formula is C29H27N3O6. The van der Waals surface area contributed by atoms with Crippen molar-refractivity contribution in [2.45, 2.75) is 31.8 Å². The number of aliphatic imine (C=N–C) groups is 1. The van der Waals surface area contributed by atoms with Gasteiger partial charge in [-0.1, -0.05) is 54.6 Å². The van der Waals surface area contributed by atoms with Gasteiger partial charge in [0.25, 0.3) is 0 Å². The van der Waals surface area contributed by atoms with Crippen molar-refractivity contribution in [2.24, 2.45) is 16.3 Å². The largest absolute Gasteiger partial charge is 0.469 e. The molecule has 0 aliphatic heterocycles. The number of ketones is 2. The summed E-state index contributed by atoms with van der Waals surface area (Å²) in [5, 5.41) is 14.0. The molecule has 9 heteroatoms. The number of nitriles is 1. The van der Waals surface area contributed by atoms with Crippen LogP contribution in [-0.2, 0) is 19.1 Å². The number of fused-ring (bicyclic) bond motifs is 1. The predicted octanol–water partition coefficient (Wildman–Crippen LogP) is 3.05. The fourth-order valence-corrected chi connectivity index (χ4v) is 5.28. The average molecular weight is 514 g/mol. The van der Waals surface area contributed by atoms with E-state index in [9.17, 15) is 24.4 Å². The third-order valence-electron chi connectivity index (χ3n) is 6.77. The van der Waals surface area contributed by atoms with Crippen molar-refractivity contribution in [1.82, 2.24) is 5.32 Å². The van der Waals surface area contributed by atoms with Gasteiger partial charge < -0.3 is 14.8 Å². The lowest BCUT2D eigenvalue weighted by Gasteiger charge is -2.38. The Morgan fingerprint density at radius 1 is 0.974 bits per heavy atom. The van der Waals surface area contributed by atoms with E-state index in [1.807, 2.05) is 0 Å². The molecule has 1 spiro atoms. The molecule has 2 aliphatic carbocycles. The minimum absolute atomic E-state index is 0.0298. The molecule has 0 heterocycles. The second kappa shape index (κ2) is 9.38. The van der Waals surface area contributed by atoms with Crippen LogP contribution in [0.1, 0.15) is 47.1 Å². The summed E-state index contributed by atoms with van der Waals surface area (Å²) in [6.45, 7) is 5.30. The second-order valence-corrected chi connectivity index (χ2v) is 10.1. The van der Waals surface area contributed by atoms with E-state index in [2.05, 4.69) is 16.4 Å². The van der Waals surface area contributed by atoms with Gasteiger partial charge in [-0.25, -0.2) is 4.79 Å². The first-order valence-electron chi connectivity index (χ1n) is 11.9. The number of Topliss-reactive ketones (excluding diaryl/α,β-unsaturated/α-hetero) is 2. The summed E-state index contributed by atoms with van der Waals surface area (Å²) >= 11 is 0. The van der Waals surface area contributed by atoms with Crippen molar-refractivity contribution in [3.8, 4) is 6.07 Å². The zero-order valence-corrected chi connectivity index (χ0v) is 21.7. The normalized spacial score (nSPS) is 21.9. The number of rotatable bonds is 5. The number of methoxy groups -OCH3 is 2. The molecule has 0 fully saturated rings. The highest BCUT2D eigenvalue weighted by molar-refractivity contribution is 6.34. The highest BCUT2D eigenvalue weighted by Gasteiger charge is 2.79. The zero-order chi connectivity index (χ0) is 27.9. The molecule has 0 saturated carbocycles. The number of nitrogens with zero attached hydrogens (tertiary/aromatic N) is 2. The zero-order valence-electron chi connectivity index (χ0n) is 21.7. The first-order chi connectivity index (χ1) is 18.0. The van der Waals surface area contributed by atoms with Gasteiger partial charge in [0.15, 0.2) is 17.0 Å². The summed E-state index contributed by atoms with van der Waals surface area (Å²) in [6, 6.07) is 16.9. The number of carbonyl (C=O) groups is 4. The molecule has 194 valence electrons. The van der Waals surface area contributed by atoms with Crippen LogP contribution < -0.4 is 5.32 Å². The molecule has 0 aromatic heterocycles. The van der Waals surface area contributed by atoms with Crippen molar-refractivity contribution in [3.05, 3.63) is 82.6 Å². The number of hydrogen-bond donors (Lipinski definition) is 1. The van der Waals surface area contributed by atoms with Crippen molar-refractivity contribution >= 4 is 29.7 Å². The number of benzene rings is 2. The molecule has 0 saturated heterocycles. The summed E-state index contributed by atoms with van der Waals surface area (Å²) < 4.78 is 10.1. The maximum Gasteiger partial charge on any atom is 0.336 e. The van der Waals surface area contributed by atoms with Crippen LogP contribution in [0.25, 0.3) is 0 Å². The summed E-state index contributed by atoms with van der Waals surface area (Å²) in [6.07, 6.45) is 1.35. The van der Waals surface area contributed by atoms with E-state index in [4.69, 9.17) is 9.47 Å². The first-order valence-corrected chi connectivity index (χ1v) is 11.9. The van der Waals surface area contributed by atoms with Gasteiger partial charge in [0.1, 0.15) is 12.0 Å². The molecular weight excluding hydrogens is 486 g/mol. The highest BCUT2D eigenvalue weighted by Crippen LogP contribution is 2.61. The van der Waals surface area contributed by atoms with Crippen LogP contribution in [0.2, 0.25) is 0 Å². The van der Waals surface area contributed by atoms with Gasteiger partial charge in [0, 0.05) is 22.9 Å². The third kappa shape index (κ3) is 3.64. The quantitative estimate of drug-likeness (QED) is 0.366. The lowest BCUT2D eigenvalue weighted by Crippen LogP contribution is -2.59. The maximum atomic E-state index is 14.4. The minimum Gasteiger partial charge on any atom is -0.469 e. The van der Waals surface area contributed by atoms with Gasteiger partial charge in [-0.05, 0) is 26.3 Å². The molecule has 0 radical (unpaired) electrons. The van der Waals surface area contributed by atoms with Crippen molar-refractivity contribution < 1.29 is 28.7 Å². The monoisotopic (exact) mass is 513 g/mol. The van der Waals surface area contributed by atoms with Crippen LogP contribution in [0.5, 0.6) is 0 Å². The molecule has 2 aromatic rings. The lowest BCUT2D eigenvalue weighted by molar-refractivity contribution is -0.149. The number of nitrogens with one attached hydrogen (secondary N) is 1. The average Bonchev–Trinajstić information content (AvgIpc) is 3.29. The van der Waals surface area contributed by atoms with E-state index >= 15 is 0 Å². The van der Waals surface area contributed by atoms with E-state index in [1.165, 1.54) is 18.3 Å². The van der Waals surface area contributed by atoms with Crippen LogP contribution in [0.3, 0.4) is 0 Å². The topological polar surface area (TPSA) is 135 Å². The van der Waals surface area contributed by atoms with Crippen LogP contribution >= 0.6 is 0 Å². The first kappa shape index (κ1) is 26.5. The SMILES string of the molecule is COC(=O)C1=C(NC(C)(C)C)[C@@](C#N)(N=Cc2ccccc2)C2(C(=O)c3ccccc3C2=O)[C@H]1C(=O)OC. The number of ether oxygens (including phenoxy) is 2. The molecule has 1 N–H and O–H groups in total. The molecule has 9 nitrogen and oxygen atoms in total. The minimum atomic E-state index is -2.46. The molecule has 2 aliphatic rings. The Balaban J connectivity index is 2.19. The molecule has 2 atom stereocenters. The Kier molecular flexibility index (Phi) is 6.54. The molecule has 0 bridgehead atoms. The summed E-state index contributed by atoms with van der Waals surface area (Å²) in [7, 11) is 2.19. The smallest absolute Gasteiger partial charge is 0.336 e. The number of hydrogen-bond acceptors (Lipinski definition) is 9. The highest BCUT2D eigenvalue weighted by atomic mass is 16.5. The predicted molar refractivity (Wildman–Crippen MR) is 137 cm³/mol. The Morgan fingerprint density at radius 2 is 1.53 bits per heavy atom. The second-order valence-electron chi connectivity index (χ2n) is 10.1. The van der Waals surface area contributed by atoms with Gasteiger partial charge >= 0.3 is 11.9 Å². The van der Waals surface area contributed by atoms with Gasteiger partial charge in [0.2, 0.25) is 5.54 Å². The van der Waals surface area contributed by atoms with E-state index in [0.29, 0.717) is 5.56 Å². The van der Waals surface area contributed by atoms with Gasteiger partial charge in [-0.15, -0.1) is 0 Å². The molecule has 2 aromatic carbocycles. The van der Waals surface area contributed by atoms with Crippen LogP contribution in [0.4, 0.5) is 0 Å². The van der Waals surface area contributed by atoms with Crippen molar-refractivity contribution in [2.75, 3.05) is 14.2 Å². The number of esters is 2. The van der Waals surface area contributed by atoms with E-state index in [-0.39, 0.29) is 22.4 Å². The maximum absolute atomic E-state index is 14.4.